The number of amides is 1. The fourth-order valence-corrected chi connectivity index (χ4v) is 8.06. The number of aliphatic hydroxyl groups excluding tert-OH is 1. The first-order valence-electron chi connectivity index (χ1n) is 11.8. The Kier molecular flexibility index (Phi) is 4.67. The lowest BCUT2D eigenvalue weighted by molar-refractivity contribution is -0.125. The molecular weight excluding hydrogens is 348 g/mol. The molecule has 4 heteroatoms. The van der Waals surface area contributed by atoms with Crippen LogP contribution in [0.3, 0.4) is 0 Å². The van der Waals surface area contributed by atoms with Crippen molar-refractivity contribution in [3.05, 3.63) is 11.6 Å². The third-order valence-corrected chi connectivity index (χ3v) is 9.77. The van der Waals surface area contributed by atoms with E-state index in [9.17, 15) is 9.90 Å². The predicted octanol–water partition coefficient (Wildman–Crippen LogP) is 3.55. The Labute approximate surface area is 169 Å². The van der Waals surface area contributed by atoms with Crippen molar-refractivity contribution in [2.45, 2.75) is 96.2 Å². The van der Waals surface area contributed by atoms with E-state index in [2.05, 4.69) is 30.6 Å². The summed E-state index contributed by atoms with van der Waals surface area (Å²) in [6.45, 7) is 5.94. The zero-order chi connectivity index (χ0) is 19.5. The van der Waals surface area contributed by atoms with E-state index in [1.165, 1.54) is 25.7 Å². The lowest BCUT2D eigenvalue weighted by atomic mass is 9.48. The van der Waals surface area contributed by atoms with Gasteiger partial charge in [0.25, 0.3) is 0 Å². The second kappa shape index (κ2) is 6.84. The summed E-state index contributed by atoms with van der Waals surface area (Å²) in [4.78, 5) is 12.8. The van der Waals surface area contributed by atoms with Crippen molar-refractivity contribution < 1.29 is 9.90 Å². The topological polar surface area (TPSA) is 61.4 Å². The highest BCUT2D eigenvalue weighted by atomic mass is 16.3. The molecule has 1 heterocycles. The molecule has 0 aromatic rings. The van der Waals surface area contributed by atoms with Gasteiger partial charge in [0.15, 0.2) is 0 Å². The van der Waals surface area contributed by atoms with Crippen LogP contribution in [0.5, 0.6) is 0 Å². The van der Waals surface area contributed by atoms with E-state index in [4.69, 9.17) is 0 Å². The summed E-state index contributed by atoms with van der Waals surface area (Å²) in [5.41, 5.74) is 2.11. The third kappa shape index (κ3) is 2.81. The van der Waals surface area contributed by atoms with Crippen LogP contribution in [0.25, 0.3) is 0 Å². The Morgan fingerprint density at radius 1 is 1.14 bits per heavy atom. The number of hydrogen-bond donors (Lipinski definition) is 3. The van der Waals surface area contributed by atoms with Gasteiger partial charge in [0.2, 0.25) is 5.91 Å². The molecule has 4 aliphatic carbocycles. The molecular formula is C24H38N2O2. The van der Waals surface area contributed by atoms with Gasteiger partial charge in [0, 0.05) is 6.04 Å². The SMILES string of the molecule is C[C@]12CCC(O)CC1=CC[C@@H]1[C@@H]2CC[C@]2(C)C(NC(=O)C3CCCN3)CC[C@@H]12. The number of rotatable bonds is 2. The monoisotopic (exact) mass is 386 g/mol. The first-order chi connectivity index (χ1) is 13.4. The average molecular weight is 387 g/mol. The second-order valence-electron chi connectivity index (χ2n) is 11.0. The lowest BCUT2D eigenvalue weighted by Gasteiger charge is -2.58. The highest BCUT2D eigenvalue weighted by Crippen LogP contribution is 2.64. The first kappa shape index (κ1) is 19.1. The number of hydrogen-bond acceptors (Lipinski definition) is 3. The van der Waals surface area contributed by atoms with E-state index in [-0.39, 0.29) is 23.5 Å². The molecule has 0 aromatic heterocycles. The van der Waals surface area contributed by atoms with Gasteiger partial charge in [-0.1, -0.05) is 25.5 Å². The van der Waals surface area contributed by atoms with E-state index in [1.807, 2.05) is 0 Å². The van der Waals surface area contributed by atoms with Crippen molar-refractivity contribution in [3.63, 3.8) is 0 Å². The lowest BCUT2D eigenvalue weighted by Crippen LogP contribution is -2.55. The highest BCUT2D eigenvalue weighted by molar-refractivity contribution is 5.82. The normalized spacial score (nSPS) is 50.3. The van der Waals surface area contributed by atoms with Crippen LogP contribution >= 0.6 is 0 Å². The standard InChI is InChI=1S/C24H38N2O2/c1-23-11-9-16(27)14-15(23)5-6-17-18-7-8-21(24(18,2)12-10-19(17)23)26-22(28)20-4-3-13-25-20/h5,16-21,25,27H,3-4,6-14H2,1-2H3,(H,26,28)/t16?,17-,18-,19-,20?,21?,23-,24-/m0/s1. The van der Waals surface area contributed by atoms with E-state index in [0.717, 1.165) is 62.8 Å². The maximum Gasteiger partial charge on any atom is 0.237 e. The maximum atomic E-state index is 12.8. The van der Waals surface area contributed by atoms with E-state index in [0.29, 0.717) is 11.5 Å². The van der Waals surface area contributed by atoms with Gasteiger partial charge in [-0.3, -0.25) is 4.79 Å². The maximum absolute atomic E-state index is 12.8. The fraction of sp³-hybridized carbons (Fsp3) is 0.875. The van der Waals surface area contributed by atoms with Crippen LogP contribution in [0.15, 0.2) is 11.6 Å². The molecule has 1 saturated heterocycles. The van der Waals surface area contributed by atoms with E-state index in [1.54, 1.807) is 5.57 Å². The molecule has 0 bridgehead atoms. The van der Waals surface area contributed by atoms with Crippen LogP contribution in [-0.2, 0) is 4.79 Å². The van der Waals surface area contributed by atoms with Crippen LogP contribution in [-0.4, -0.2) is 35.7 Å². The number of carbonyl (C=O) groups is 1. The Morgan fingerprint density at radius 2 is 2.00 bits per heavy atom. The molecule has 3 saturated carbocycles. The second-order valence-corrected chi connectivity index (χ2v) is 11.0. The van der Waals surface area contributed by atoms with Gasteiger partial charge in [-0.15, -0.1) is 0 Å². The van der Waals surface area contributed by atoms with E-state index >= 15 is 0 Å². The van der Waals surface area contributed by atoms with Gasteiger partial charge >= 0.3 is 0 Å². The molecule has 3 unspecified atom stereocenters. The Hall–Kier alpha value is -0.870. The molecule has 0 radical (unpaired) electrons. The van der Waals surface area contributed by atoms with Crippen LogP contribution in [0.2, 0.25) is 0 Å². The first-order valence-corrected chi connectivity index (χ1v) is 11.8. The largest absolute Gasteiger partial charge is 0.393 e. The summed E-state index contributed by atoms with van der Waals surface area (Å²) in [6.07, 6.45) is 13.6. The van der Waals surface area contributed by atoms with Crippen LogP contribution in [0, 0.1) is 28.6 Å². The summed E-state index contributed by atoms with van der Waals surface area (Å²) in [5, 5.41) is 17.0. The molecule has 1 aliphatic heterocycles. The fourth-order valence-electron chi connectivity index (χ4n) is 8.06. The number of carbonyl (C=O) groups excluding carboxylic acids is 1. The summed E-state index contributed by atoms with van der Waals surface area (Å²) in [5.74, 6) is 2.50. The highest BCUT2D eigenvalue weighted by Gasteiger charge is 2.58. The van der Waals surface area contributed by atoms with Crippen LogP contribution in [0.4, 0.5) is 0 Å². The molecule has 3 N–H and O–H groups in total. The minimum atomic E-state index is -0.125. The van der Waals surface area contributed by atoms with Crippen molar-refractivity contribution in [1.29, 1.82) is 0 Å². The Balaban J connectivity index is 1.34. The van der Waals surface area contributed by atoms with Crippen molar-refractivity contribution in [2.24, 2.45) is 28.6 Å². The molecule has 4 nitrogen and oxygen atoms in total. The summed E-state index contributed by atoms with van der Waals surface area (Å²) in [6, 6.07) is 0.381. The molecule has 28 heavy (non-hydrogen) atoms. The van der Waals surface area contributed by atoms with Crippen LogP contribution < -0.4 is 10.6 Å². The molecule has 0 spiro atoms. The summed E-state index contributed by atoms with van der Waals surface area (Å²) < 4.78 is 0. The van der Waals surface area contributed by atoms with Crippen molar-refractivity contribution in [2.75, 3.05) is 6.54 Å². The van der Waals surface area contributed by atoms with Gasteiger partial charge in [-0.05, 0) is 99.3 Å². The van der Waals surface area contributed by atoms with Gasteiger partial charge in [0.05, 0.1) is 12.1 Å². The molecule has 156 valence electrons. The number of allylic oxidation sites excluding steroid dienone is 1. The average Bonchev–Trinajstić information content (AvgIpc) is 3.31. The number of aliphatic hydroxyl groups is 1. The number of fused-ring (bicyclic) bond motifs is 5. The van der Waals surface area contributed by atoms with Gasteiger partial charge in [-0.25, -0.2) is 0 Å². The van der Waals surface area contributed by atoms with Crippen molar-refractivity contribution >= 4 is 5.91 Å². The predicted molar refractivity (Wildman–Crippen MR) is 111 cm³/mol. The van der Waals surface area contributed by atoms with Crippen molar-refractivity contribution in [1.82, 2.24) is 10.6 Å². The minimum Gasteiger partial charge on any atom is -0.393 e. The summed E-state index contributed by atoms with van der Waals surface area (Å²) in [7, 11) is 0. The molecule has 5 rings (SSSR count). The smallest absolute Gasteiger partial charge is 0.237 e. The Morgan fingerprint density at radius 3 is 2.79 bits per heavy atom. The Bertz CT molecular complexity index is 670. The van der Waals surface area contributed by atoms with E-state index < -0.39 is 0 Å². The molecule has 5 aliphatic rings. The van der Waals surface area contributed by atoms with Gasteiger partial charge < -0.3 is 15.7 Å². The van der Waals surface area contributed by atoms with Crippen molar-refractivity contribution in [3.8, 4) is 0 Å². The minimum absolute atomic E-state index is 0.0340. The molecule has 0 aromatic carbocycles. The zero-order valence-electron chi connectivity index (χ0n) is 17.7. The molecule has 4 fully saturated rings. The number of nitrogens with one attached hydrogen (secondary N) is 2. The quantitative estimate of drug-likeness (QED) is 0.636. The molecule has 8 atom stereocenters. The van der Waals surface area contributed by atoms with Gasteiger partial charge in [0.1, 0.15) is 0 Å². The van der Waals surface area contributed by atoms with Crippen LogP contribution in [0.1, 0.15) is 78.1 Å². The third-order valence-electron chi connectivity index (χ3n) is 9.77. The summed E-state index contributed by atoms with van der Waals surface area (Å²) >= 11 is 0. The molecule has 1 amide bonds. The zero-order valence-corrected chi connectivity index (χ0v) is 17.7. The van der Waals surface area contributed by atoms with Gasteiger partial charge in [-0.2, -0.15) is 0 Å².